The molecule has 0 radical (unpaired) electrons. The molecule has 4 atom stereocenters. The highest BCUT2D eigenvalue weighted by molar-refractivity contribution is 5.89. The molecule has 5 rings (SSSR count). The lowest BCUT2D eigenvalue weighted by atomic mass is 10.0. The van der Waals surface area contributed by atoms with E-state index >= 15 is 0 Å². The van der Waals surface area contributed by atoms with Crippen molar-refractivity contribution in [1.29, 1.82) is 0 Å². The van der Waals surface area contributed by atoms with Gasteiger partial charge in [-0.15, -0.1) is 10.2 Å². The zero-order valence-electron chi connectivity index (χ0n) is 15.9. The van der Waals surface area contributed by atoms with E-state index in [1.807, 2.05) is 0 Å². The van der Waals surface area contributed by atoms with Crippen LogP contribution >= 0.6 is 0 Å². The van der Waals surface area contributed by atoms with E-state index in [2.05, 4.69) is 15.5 Å². The molecule has 0 aliphatic carbocycles. The van der Waals surface area contributed by atoms with E-state index in [1.54, 1.807) is 37.5 Å². The molecule has 7 nitrogen and oxygen atoms in total. The van der Waals surface area contributed by atoms with Crippen LogP contribution in [-0.2, 0) is 7.05 Å². The molecule has 2 bridgehead atoms. The van der Waals surface area contributed by atoms with Crippen molar-refractivity contribution < 1.29 is 14.2 Å². The fourth-order valence-corrected chi connectivity index (χ4v) is 4.33. The number of ether oxygens (including phenoxy) is 1. The molecule has 4 heterocycles. The summed E-state index contributed by atoms with van der Waals surface area (Å²) in [5.74, 6) is 0.208. The maximum atomic E-state index is 14.5. The Balaban J connectivity index is 1.41. The third-order valence-electron chi connectivity index (χ3n) is 5.92. The standard InChI is InChI=1S/C21H21FN4O3/c1-26-7-6-11-8-14(17(27)10-13(11)21(26)28)15-4-5-19(25-24-15)29-18-9-12-2-3-16(23-12)20(18)22/h4-8,10,12,16,18,20,23,27H,2-3,9H2,1H3/t12-,16+,18-,20+/m1/s1. The van der Waals surface area contributed by atoms with Crippen LogP contribution in [0.1, 0.15) is 19.3 Å². The molecular formula is C21H21FN4O3. The van der Waals surface area contributed by atoms with Crippen molar-refractivity contribution in [3.8, 4) is 22.9 Å². The van der Waals surface area contributed by atoms with Crippen molar-refractivity contribution in [2.75, 3.05) is 0 Å². The number of hydrogen-bond acceptors (Lipinski definition) is 6. The zero-order valence-corrected chi connectivity index (χ0v) is 15.9. The van der Waals surface area contributed by atoms with Crippen molar-refractivity contribution in [3.05, 3.63) is 46.9 Å². The molecule has 2 N–H and O–H groups in total. The fraction of sp³-hybridized carbons (Fsp3) is 0.381. The highest BCUT2D eigenvalue weighted by Crippen LogP contribution is 2.33. The minimum atomic E-state index is -1.07. The average Bonchev–Trinajstić information content (AvgIpc) is 3.13. The lowest BCUT2D eigenvalue weighted by Crippen LogP contribution is -2.51. The molecule has 2 fully saturated rings. The lowest BCUT2D eigenvalue weighted by Gasteiger charge is -2.32. The first-order valence-electron chi connectivity index (χ1n) is 9.73. The first kappa shape index (κ1) is 18.1. The summed E-state index contributed by atoms with van der Waals surface area (Å²) in [5, 5.41) is 23.0. The Hall–Kier alpha value is -3.00. The Morgan fingerprint density at radius 1 is 1.24 bits per heavy atom. The highest BCUT2D eigenvalue weighted by atomic mass is 19.1. The van der Waals surface area contributed by atoms with E-state index in [1.165, 1.54) is 10.6 Å². The number of phenols is 1. The first-order chi connectivity index (χ1) is 14.0. The maximum absolute atomic E-state index is 14.5. The Kier molecular flexibility index (Phi) is 4.24. The molecule has 150 valence electrons. The van der Waals surface area contributed by atoms with E-state index in [4.69, 9.17) is 4.74 Å². The van der Waals surface area contributed by atoms with Crippen LogP contribution in [-0.4, -0.2) is 44.2 Å². The van der Waals surface area contributed by atoms with Gasteiger partial charge in [-0.2, -0.15) is 0 Å². The van der Waals surface area contributed by atoms with Crippen LogP contribution in [0, 0.1) is 0 Å². The van der Waals surface area contributed by atoms with Crippen LogP contribution in [0.2, 0.25) is 0 Å². The summed E-state index contributed by atoms with van der Waals surface area (Å²) in [6, 6.07) is 8.41. The second kappa shape index (κ2) is 6.81. The number of fused-ring (bicyclic) bond motifs is 3. The molecule has 0 unspecified atom stereocenters. The van der Waals surface area contributed by atoms with E-state index in [0.29, 0.717) is 34.5 Å². The quantitative estimate of drug-likeness (QED) is 0.706. The van der Waals surface area contributed by atoms with E-state index in [9.17, 15) is 14.3 Å². The number of halogens is 1. The predicted molar refractivity (Wildman–Crippen MR) is 106 cm³/mol. The van der Waals surface area contributed by atoms with E-state index in [0.717, 1.165) is 12.8 Å². The van der Waals surface area contributed by atoms with Gasteiger partial charge in [0.05, 0.1) is 11.1 Å². The van der Waals surface area contributed by atoms with Crippen LogP contribution in [0.5, 0.6) is 11.6 Å². The molecule has 2 saturated heterocycles. The molecule has 1 aromatic carbocycles. The number of alkyl halides is 1. The van der Waals surface area contributed by atoms with Gasteiger partial charge in [-0.3, -0.25) is 4.79 Å². The summed E-state index contributed by atoms with van der Waals surface area (Å²) >= 11 is 0. The second-order valence-corrected chi connectivity index (χ2v) is 7.83. The largest absolute Gasteiger partial charge is 0.507 e. The molecule has 29 heavy (non-hydrogen) atoms. The number of rotatable bonds is 3. The molecule has 2 aromatic heterocycles. The Morgan fingerprint density at radius 2 is 2.10 bits per heavy atom. The number of nitrogens with one attached hydrogen (secondary N) is 1. The highest BCUT2D eigenvalue weighted by Gasteiger charge is 2.43. The molecule has 8 heteroatoms. The van der Waals surface area contributed by atoms with Gasteiger partial charge in [0.2, 0.25) is 5.88 Å². The maximum Gasteiger partial charge on any atom is 0.258 e. The van der Waals surface area contributed by atoms with Crippen molar-refractivity contribution in [2.24, 2.45) is 7.05 Å². The van der Waals surface area contributed by atoms with E-state index < -0.39 is 12.3 Å². The monoisotopic (exact) mass is 396 g/mol. The van der Waals surface area contributed by atoms with Crippen molar-refractivity contribution >= 4 is 10.8 Å². The van der Waals surface area contributed by atoms with Gasteiger partial charge in [0.15, 0.2) is 6.17 Å². The van der Waals surface area contributed by atoms with Crippen LogP contribution in [0.15, 0.2) is 41.3 Å². The average molecular weight is 396 g/mol. The van der Waals surface area contributed by atoms with Crippen LogP contribution in [0.4, 0.5) is 4.39 Å². The number of phenolic OH excluding ortho intramolecular Hbond substituents is 1. The first-order valence-corrected chi connectivity index (χ1v) is 9.73. The van der Waals surface area contributed by atoms with E-state index in [-0.39, 0.29) is 23.2 Å². The minimum Gasteiger partial charge on any atom is -0.507 e. The molecule has 0 saturated carbocycles. The fourth-order valence-electron chi connectivity index (χ4n) is 4.33. The van der Waals surface area contributed by atoms with Gasteiger partial charge < -0.3 is 19.7 Å². The number of pyridine rings is 1. The summed E-state index contributed by atoms with van der Waals surface area (Å²) < 4.78 is 21.8. The molecule has 2 aliphatic heterocycles. The molecular weight excluding hydrogens is 375 g/mol. The van der Waals surface area contributed by atoms with Crippen LogP contribution in [0.3, 0.4) is 0 Å². The van der Waals surface area contributed by atoms with Gasteiger partial charge in [0.25, 0.3) is 5.56 Å². The molecule has 0 amide bonds. The lowest BCUT2D eigenvalue weighted by molar-refractivity contribution is 0.0422. The smallest absolute Gasteiger partial charge is 0.258 e. The summed E-state index contributed by atoms with van der Waals surface area (Å²) in [6.07, 6.45) is 2.50. The Labute approximate surface area is 166 Å². The molecule has 0 spiro atoms. The SMILES string of the molecule is Cn1ccc2cc(-c3ccc(O[C@@H]4C[C@H]5CC[C@H](N5)[C@@H]4F)nn3)c(O)cc2c1=O. The summed E-state index contributed by atoms with van der Waals surface area (Å²) in [5.41, 5.74) is 0.726. The minimum absolute atomic E-state index is 0.0532. The third-order valence-corrected chi connectivity index (χ3v) is 5.92. The van der Waals surface area contributed by atoms with Crippen molar-refractivity contribution in [3.63, 3.8) is 0 Å². The number of aryl methyl sites for hydroxylation is 1. The van der Waals surface area contributed by atoms with Crippen molar-refractivity contribution in [1.82, 2.24) is 20.1 Å². The Morgan fingerprint density at radius 3 is 2.90 bits per heavy atom. The summed E-state index contributed by atoms with van der Waals surface area (Å²) in [7, 11) is 1.66. The van der Waals surface area contributed by atoms with Gasteiger partial charge >= 0.3 is 0 Å². The predicted octanol–water partition coefficient (Wildman–Crippen LogP) is 2.31. The zero-order chi connectivity index (χ0) is 20.1. The van der Waals surface area contributed by atoms with Gasteiger partial charge in [0.1, 0.15) is 11.9 Å². The number of aromatic nitrogens is 3. The summed E-state index contributed by atoms with van der Waals surface area (Å²) in [4.78, 5) is 12.2. The topological polar surface area (TPSA) is 89.3 Å². The number of aromatic hydroxyl groups is 1. The molecule has 2 aliphatic rings. The van der Waals surface area contributed by atoms with Gasteiger partial charge in [0, 0.05) is 43.4 Å². The van der Waals surface area contributed by atoms with Crippen LogP contribution < -0.4 is 15.6 Å². The van der Waals surface area contributed by atoms with Gasteiger partial charge in [-0.25, -0.2) is 4.39 Å². The third kappa shape index (κ3) is 3.13. The van der Waals surface area contributed by atoms with Gasteiger partial charge in [-0.1, -0.05) is 0 Å². The Bertz CT molecular complexity index is 1130. The molecule has 3 aromatic rings. The normalized spacial score (nSPS) is 26.0. The second-order valence-electron chi connectivity index (χ2n) is 7.83. The number of hydrogen-bond donors (Lipinski definition) is 2. The summed E-state index contributed by atoms with van der Waals surface area (Å²) in [6.45, 7) is 0. The number of piperidine rings is 1. The number of nitrogens with zero attached hydrogens (tertiary/aromatic N) is 3. The van der Waals surface area contributed by atoms with Crippen LogP contribution in [0.25, 0.3) is 22.0 Å². The van der Waals surface area contributed by atoms with Gasteiger partial charge in [-0.05, 0) is 42.5 Å². The van der Waals surface area contributed by atoms with Crippen molar-refractivity contribution in [2.45, 2.75) is 43.6 Å². The number of benzene rings is 1.